The summed E-state index contributed by atoms with van der Waals surface area (Å²) in [4.78, 5) is 38.2. The van der Waals surface area contributed by atoms with E-state index in [1.165, 1.54) is 6.07 Å². The third-order valence-electron chi connectivity index (χ3n) is 7.36. The molecule has 10 heteroatoms. The van der Waals surface area contributed by atoms with E-state index in [0.29, 0.717) is 29.8 Å². The maximum absolute atomic E-state index is 12.7. The van der Waals surface area contributed by atoms with Crippen molar-refractivity contribution >= 4 is 24.1 Å². The number of hydrogen-bond donors (Lipinski definition) is 3. The van der Waals surface area contributed by atoms with Gasteiger partial charge in [0.15, 0.2) is 18.7 Å². The maximum Gasteiger partial charge on any atom is 0.410 e. The highest BCUT2D eigenvalue weighted by Crippen LogP contribution is 2.40. The largest absolute Gasteiger partial charge is 0.507 e. The fraction of sp³-hybridized carbons (Fsp3) is 0.520. The molecule has 186 valence electrons. The molecule has 5 rings (SSSR count). The summed E-state index contributed by atoms with van der Waals surface area (Å²) >= 11 is 0. The van der Waals surface area contributed by atoms with Crippen molar-refractivity contribution in [1.82, 2.24) is 15.1 Å². The second kappa shape index (κ2) is 9.59. The number of phenols is 1. The standard InChI is InChI=1S/C25H30N4O6/c1-14-8-21(31)19(12-30)22(9-14)34-13-24(32)26-23-11-20(27-28-23)15-2-7-18(10-15)35-25(33)29-16-3-4-17(29)6-5-16/h8-9,11-12,15-18,31H,2-7,10,13H2,1H3,(H2,26,27,28,32). The lowest BCUT2D eigenvalue weighted by Gasteiger charge is -2.23. The van der Waals surface area contributed by atoms with Crippen molar-refractivity contribution < 1.29 is 29.0 Å². The highest BCUT2D eigenvalue weighted by atomic mass is 16.6. The summed E-state index contributed by atoms with van der Waals surface area (Å²) in [7, 11) is 0. The van der Waals surface area contributed by atoms with E-state index < -0.39 is 5.91 Å². The highest BCUT2D eigenvalue weighted by molar-refractivity contribution is 5.91. The van der Waals surface area contributed by atoms with Gasteiger partial charge in [0.1, 0.15) is 17.6 Å². The van der Waals surface area contributed by atoms with Crippen molar-refractivity contribution in [1.29, 1.82) is 0 Å². The normalized spacial score (nSPS) is 25.0. The molecule has 2 unspecified atom stereocenters. The molecule has 1 aliphatic carbocycles. The van der Waals surface area contributed by atoms with Crippen molar-refractivity contribution in [3.8, 4) is 11.5 Å². The summed E-state index contributed by atoms with van der Waals surface area (Å²) in [6.45, 7) is 1.41. The fourth-order valence-corrected chi connectivity index (χ4v) is 5.66. The Bertz CT molecular complexity index is 1110. The number of amides is 2. The topological polar surface area (TPSA) is 134 Å². The van der Waals surface area contributed by atoms with Gasteiger partial charge in [-0.2, -0.15) is 5.10 Å². The zero-order chi connectivity index (χ0) is 24.5. The van der Waals surface area contributed by atoms with E-state index in [9.17, 15) is 19.5 Å². The lowest BCUT2D eigenvalue weighted by Crippen LogP contribution is -2.37. The second-order valence-corrected chi connectivity index (χ2v) is 9.74. The zero-order valence-electron chi connectivity index (χ0n) is 19.7. The number of rotatable bonds is 7. The lowest BCUT2D eigenvalue weighted by atomic mass is 10.0. The third kappa shape index (κ3) is 4.82. The van der Waals surface area contributed by atoms with Crippen molar-refractivity contribution in [2.24, 2.45) is 0 Å². The summed E-state index contributed by atoms with van der Waals surface area (Å²) in [6.07, 6.45) is 6.96. The van der Waals surface area contributed by atoms with Gasteiger partial charge >= 0.3 is 6.09 Å². The molecular formula is C25H30N4O6. The SMILES string of the molecule is Cc1cc(O)c(C=O)c(OCC(=O)Nc2cc(C3CCC(OC(=O)N4C5CCC4CC5)C3)[nH]n2)c1. The first-order valence-corrected chi connectivity index (χ1v) is 12.2. The summed E-state index contributed by atoms with van der Waals surface area (Å²) in [5.41, 5.74) is 1.58. The average Bonchev–Trinajstić information content (AvgIpc) is 3.62. The van der Waals surface area contributed by atoms with Crippen LogP contribution >= 0.6 is 0 Å². The number of benzene rings is 1. The van der Waals surface area contributed by atoms with Gasteiger partial charge in [-0.05, 0) is 69.6 Å². The number of anilines is 1. The van der Waals surface area contributed by atoms with Crippen LogP contribution in [0.25, 0.3) is 0 Å². The first-order valence-electron chi connectivity index (χ1n) is 12.2. The summed E-state index contributed by atoms with van der Waals surface area (Å²) < 4.78 is 11.3. The number of aromatic hydroxyl groups is 1. The average molecular weight is 483 g/mol. The van der Waals surface area contributed by atoms with E-state index in [2.05, 4.69) is 15.5 Å². The number of fused-ring (bicyclic) bond motifs is 2. The van der Waals surface area contributed by atoms with E-state index in [-0.39, 0.29) is 41.8 Å². The molecule has 1 aromatic carbocycles. The van der Waals surface area contributed by atoms with Crippen LogP contribution in [0, 0.1) is 6.92 Å². The molecule has 2 amide bonds. The summed E-state index contributed by atoms with van der Waals surface area (Å²) in [6, 6.07) is 5.53. The Morgan fingerprint density at radius 3 is 2.63 bits per heavy atom. The Morgan fingerprint density at radius 2 is 1.91 bits per heavy atom. The van der Waals surface area contributed by atoms with Gasteiger partial charge in [0.2, 0.25) is 0 Å². The molecule has 2 bridgehead atoms. The minimum absolute atomic E-state index is 0.000623. The molecule has 3 fully saturated rings. The van der Waals surface area contributed by atoms with Gasteiger partial charge < -0.3 is 24.8 Å². The third-order valence-corrected chi connectivity index (χ3v) is 7.36. The molecule has 1 saturated carbocycles. The van der Waals surface area contributed by atoms with Gasteiger partial charge in [-0.3, -0.25) is 14.7 Å². The number of aldehydes is 1. The van der Waals surface area contributed by atoms with Crippen molar-refractivity contribution in [3.63, 3.8) is 0 Å². The first kappa shape index (κ1) is 23.2. The van der Waals surface area contributed by atoms with Gasteiger partial charge in [0, 0.05) is 29.8 Å². The van der Waals surface area contributed by atoms with Gasteiger partial charge in [-0.15, -0.1) is 0 Å². The van der Waals surface area contributed by atoms with Crippen LogP contribution in [0.3, 0.4) is 0 Å². The Hall–Kier alpha value is -3.56. The van der Waals surface area contributed by atoms with Crippen LogP contribution in [0.5, 0.6) is 11.5 Å². The van der Waals surface area contributed by atoms with Crippen LogP contribution < -0.4 is 10.1 Å². The molecule has 1 aromatic heterocycles. The highest BCUT2D eigenvalue weighted by Gasteiger charge is 2.44. The number of carbonyl (C=O) groups excluding carboxylic acids is 3. The van der Waals surface area contributed by atoms with Crippen LogP contribution in [0.15, 0.2) is 18.2 Å². The van der Waals surface area contributed by atoms with Crippen LogP contribution in [-0.4, -0.2) is 63.3 Å². The van der Waals surface area contributed by atoms with Crippen molar-refractivity contribution in [2.75, 3.05) is 11.9 Å². The molecule has 2 saturated heterocycles. The molecule has 2 aromatic rings. The number of nitrogens with zero attached hydrogens (tertiary/aromatic N) is 2. The maximum atomic E-state index is 12.7. The number of hydrogen-bond acceptors (Lipinski definition) is 7. The number of ether oxygens (including phenoxy) is 2. The summed E-state index contributed by atoms with van der Waals surface area (Å²) in [5, 5.41) is 19.7. The van der Waals surface area contributed by atoms with Crippen LogP contribution in [0.2, 0.25) is 0 Å². The molecule has 3 N–H and O–H groups in total. The van der Waals surface area contributed by atoms with E-state index in [1.54, 1.807) is 19.1 Å². The second-order valence-electron chi connectivity index (χ2n) is 9.74. The molecule has 35 heavy (non-hydrogen) atoms. The number of nitrogens with one attached hydrogen (secondary N) is 2. The lowest BCUT2D eigenvalue weighted by molar-refractivity contribution is -0.118. The molecule has 2 aliphatic heterocycles. The predicted molar refractivity (Wildman–Crippen MR) is 126 cm³/mol. The minimum Gasteiger partial charge on any atom is -0.507 e. The molecule has 3 aliphatic rings. The van der Waals surface area contributed by atoms with Crippen LogP contribution in [0.4, 0.5) is 10.6 Å². The van der Waals surface area contributed by atoms with Crippen molar-refractivity contribution in [3.05, 3.63) is 35.0 Å². The quantitative estimate of drug-likeness (QED) is 0.513. The number of aromatic nitrogens is 2. The number of aryl methyl sites for hydroxylation is 1. The van der Waals surface area contributed by atoms with Gasteiger partial charge in [0.05, 0.1) is 5.56 Å². The predicted octanol–water partition coefficient (Wildman–Crippen LogP) is 3.65. The number of H-pyrrole nitrogens is 1. The molecule has 0 spiro atoms. The Morgan fingerprint density at radius 1 is 1.17 bits per heavy atom. The first-order chi connectivity index (χ1) is 16.9. The van der Waals surface area contributed by atoms with E-state index in [0.717, 1.165) is 50.6 Å². The molecular weight excluding hydrogens is 452 g/mol. The smallest absolute Gasteiger partial charge is 0.410 e. The van der Waals surface area contributed by atoms with E-state index in [1.807, 2.05) is 4.90 Å². The molecule has 2 atom stereocenters. The van der Waals surface area contributed by atoms with E-state index >= 15 is 0 Å². The Kier molecular flexibility index (Phi) is 6.36. The van der Waals surface area contributed by atoms with Crippen LogP contribution in [-0.2, 0) is 9.53 Å². The van der Waals surface area contributed by atoms with Crippen LogP contribution in [0.1, 0.15) is 72.5 Å². The molecule has 0 radical (unpaired) electrons. The Labute approximate surface area is 203 Å². The Balaban J connectivity index is 1.11. The fourth-order valence-electron chi connectivity index (χ4n) is 5.66. The van der Waals surface area contributed by atoms with Gasteiger partial charge in [0.25, 0.3) is 5.91 Å². The minimum atomic E-state index is -0.445. The number of carbonyl (C=O) groups is 3. The number of aromatic amines is 1. The monoisotopic (exact) mass is 482 g/mol. The van der Waals surface area contributed by atoms with Gasteiger partial charge in [-0.25, -0.2) is 4.79 Å². The molecule has 10 nitrogen and oxygen atoms in total. The number of phenolic OH excluding ortho intramolecular Hbond substituents is 1. The zero-order valence-corrected chi connectivity index (χ0v) is 19.7. The van der Waals surface area contributed by atoms with Gasteiger partial charge in [-0.1, -0.05) is 0 Å². The molecule has 3 heterocycles. The summed E-state index contributed by atoms with van der Waals surface area (Å²) in [5.74, 6) is 0.0391. The van der Waals surface area contributed by atoms with E-state index in [4.69, 9.17) is 9.47 Å². The van der Waals surface area contributed by atoms with Crippen molar-refractivity contribution in [2.45, 2.75) is 76.0 Å².